The molecule has 196 valence electrons. The van der Waals surface area contributed by atoms with Crippen molar-refractivity contribution in [2.24, 2.45) is 11.7 Å². The third kappa shape index (κ3) is 5.11. The van der Waals surface area contributed by atoms with Gasteiger partial charge in [-0.05, 0) is 61.6 Å². The second-order valence-corrected chi connectivity index (χ2v) is 9.92. The number of nitriles is 1. The number of anilines is 1. The number of carbonyl (C=O) groups excluding carboxylic acids is 2. The molecular weight excluding hydrogens is 496 g/mol. The number of para-hydroxylation sites is 1. The summed E-state index contributed by atoms with van der Waals surface area (Å²) in [7, 11) is 0. The molecule has 3 aromatic rings. The number of fused-ring (bicyclic) bond motifs is 2. The van der Waals surface area contributed by atoms with Crippen molar-refractivity contribution < 1.29 is 19.1 Å². The summed E-state index contributed by atoms with van der Waals surface area (Å²) in [5.74, 6) is 1.69. The smallest absolute Gasteiger partial charge is 0.264 e. The van der Waals surface area contributed by atoms with Gasteiger partial charge in [0.2, 0.25) is 11.8 Å². The van der Waals surface area contributed by atoms with E-state index in [1.54, 1.807) is 29.2 Å². The second-order valence-electron chi connectivity index (χ2n) is 9.92. The first-order valence-electron chi connectivity index (χ1n) is 12.9. The molecule has 2 amide bonds. The molecule has 1 saturated carbocycles. The van der Waals surface area contributed by atoms with Gasteiger partial charge >= 0.3 is 0 Å². The third-order valence-corrected chi connectivity index (χ3v) is 7.16. The number of allylic oxidation sites excluding steroid dienone is 1. The lowest BCUT2D eigenvalue weighted by Crippen LogP contribution is -2.49. The molecule has 39 heavy (non-hydrogen) atoms. The van der Waals surface area contributed by atoms with Gasteiger partial charge in [-0.3, -0.25) is 9.59 Å². The van der Waals surface area contributed by atoms with Gasteiger partial charge in [-0.1, -0.05) is 24.3 Å². The van der Waals surface area contributed by atoms with Crippen LogP contribution in [0.2, 0.25) is 0 Å². The van der Waals surface area contributed by atoms with E-state index in [9.17, 15) is 14.9 Å². The molecule has 2 atom stereocenters. The summed E-state index contributed by atoms with van der Waals surface area (Å²) in [6.07, 6.45) is 6.00. The van der Waals surface area contributed by atoms with Gasteiger partial charge in [0.1, 0.15) is 34.5 Å². The van der Waals surface area contributed by atoms with E-state index >= 15 is 0 Å². The highest BCUT2D eigenvalue weighted by molar-refractivity contribution is 5.98. The Morgan fingerprint density at radius 3 is 2.28 bits per heavy atom. The summed E-state index contributed by atoms with van der Waals surface area (Å²) in [5, 5.41) is 9.48. The lowest BCUT2D eigenvalue weighted by atomic mass is 10.1. The van der Waals surface area contributed by atoms with Crippen LogP contribution < -0.4 is 20.1 Å². The Morgan fingerprint density at radius 2 is 1.67 bits per heavy atom. The van der Waals surface area contributed by atoms with Gasteiger partial charge < -0.3 is 25.0 Å². The monoisotopic (exact) mass is 522 g/mol. The van der Waals surface area contributed by atoms with Crippen molar-refractivity contribution in [3.8, 4) is 29.2 Å². The maximum absolute atomic E-state index is 13.0. The van der Waals surface area contributed by atoms with Gasteiger partial charge in [-0.2, -0.15) is 10.2 Å². The topological polar surface area (TPSA) is 135 Å². The molecule has 3 aliphatic rings. The van der Waals surface area contributed by atoms with Crippen molar-refractivity contribution in [2.75, 3.05) is 18.0 Å². The van der Waals surface area contributed by atoms with Crippen LogP contribution in [-0.4, -0.2) is 51.9 Å². The number of nitrogens with zero attached hydrogens (tertiary/aromatic N) is 5. The Morgan fingerprint density at radius 1 is 0.974 bits per heavy atom. The molecule has 3 heterocycles. The number of nitrogens with two attached hydrogens (primary N) is 1. The molecule has 2 aliphatic heterocycles. The first-order valence-corrected chi connectivity index (χ1v) is 12.9. The molecule has 2 N–H and O–H groups in total. The Bertz CT molecular complexity index is 1480. The summed E-state index contributed by atoms with van der Waals surface area (Å²) in [4.78, 5) is 37.8. The van der Waals surface area contributed by atoms with E-state index in [2.05, 4.69) is 16.0 Å². The van der Waals surface area contributed by atoms with E-state index in [1.807, 2.05) is 41.3 Å². The lowest BCUT2D eigenvalue weighted by molar-refractivity contribution is -0.127. The third-order valence-electron chi connectivity index (χ3n) is 7.16. The fourth-order valence-electron chi connectivity index (χ4n) is 5.02. The van der Waals surface area contributed by atoms with Crippen molar-refractivity contribution in [3.05, 3.63) is 78.0 Å². The summed E-state index contributed by atoms with van der Waals surface area (Å²) < 4.78 is 11.8. The molecular formula is C29H26N6O4. The van der Waals surface area contributed by atoms with Gasteiger partial charge in [0.15, 0.2) is 0 Å². The molecule has 10 heteroatoms. The standard InChI is InChI=1S/C29H26N6O4/c30-14-19(12-18-6-7-18)28(37)34-16-21-13-20(34)17-35(21)29-32-15-25(26(31)36)27(33-29)39-24-10-8-23(9-11-24)38-22-4-2-1-3-5-22/h1-5,8-12,15,18,20-21H,6-7,13,16-17H2,(H2,31,36)/t20-,21-/m0/s1. The molecule has 6 rings (SSSR count). The van der Waals surface area contributed by atoms with Crippen LogP contribution in [0.5, 0.6) is 23.1 Å². The highest BCUT2D eigenvalue weighted by Gasteiger charge is 2.47. The number of aromatic nitrogens is 2. The number of likely N-dealkylation sites (tertiary alicyclic amines) is 1. The fraction of sp³-hybridized carbons (Fsp3) is 0.276. The Kier molecular flexibility index (Phi) is 6.32. The van der Waals surface area contributed by atoms with Crippen LogP contribution in [-0.2, 0) is 4.79 Å². The van der Waals surface area contributed by atoms with E-state index in [-0.39, 0.29) is 35.0 Å². The van der Waals surface area contributed by atoms with Gasteiger partial charge in [0.25, 0.3) is 11.8 Å². The Hall–Kier alpha value is -4.91. The van der Waals surface area contributed by atoms with Crippen LogP contribution in [0.15, 0.2) is 72.4 Å². The highest BCUT2D eigenvalue weighted by Crippen LogP contribution is 2.37. The van der Waals surface area contributed by atoms with Gasteiger partial charge in [0.05, 0.1) is 12.1 Å². The molecule has 0 unspecified atom stereocenters. The number of ether oxygens (including phenoxy) is 2. The van der Waals surface area contributed by atoms with Crippen LogP contribution in [0, 0.1) is 17.2 Å². The zero-order valence-electron chi connectivity index (χ0n) is 21.1. The maximum atomic E-state index is 13.0. The number of piperazine rings is 1. The highest BCUT2D eigenvalue weighted by atomic mass is 16.5. The Balaban J connectivity index is 1.17. The molecule has 10 nitrogen and oxygen atoms in total. The predicted molar refractivity (Wildman–Crippen MR) is 141 cm³/mol. The summed E-state index contributed by atoms with van der Waals surface area (Å²) in [6, 6.07) is 18.4. The first-order chi connectivity index (χ1) is 19.0. The number of hydrogen-bond acceptors (Lipinski definition) is 8. The fourth-order valence-corrected chi connectivity index (χ4v) is 5.02. The minimum atomic E-state index is -0.702. The average molecular weight is 523 g/mol. The number of amides is 2. The number of hydrogen-bond donors (Lipinski definition) is 1. The van der Waals surface area contributed by atoms with E-state index in [4.69, 9.17) is 15.2 Å². The van der Waals surface area contributed by atoms with Crippen LogP contribution >= 0.6 is 0 Å². The van der Waals surface area contributed by atoms with Gasteiger partial charge in [-0.15, -0.1) is 0 Å². The van der Waals surface area contributed by atoms with Crippen LogP contribution in [0.4, 0.5) is 5.95 Å². The van der Waals surface area contributed by atoms with Gasteiger partial charge in [0, 0.05) is 19.3 Å². The lowest BCUT2D eigenvalue weighted by Gasteiger charge is -2.34. The summed E-state index contributed by atoms with van der Waals surface area (Å²) in [5.41, 5.74) is 5.86. The summed E-state index contributed by atoms with van der Waals surface area (Å²) >= 11 is 0. The van der Waals surface area contributed by atoms with Crippen LogP contribution in [0.25, 0.3) is 0 Å². The zero-order valence-corrected chi connectivity index (χ0v) is 21.1. The molecule has 1 aromatic heterocycles. The number of primary amides is 1. The molecule has 0 spiro atoms. The van der Waals surface area contributed by atoms with E-state index in [1.165, 1.54) is 6.20 Å². The van der Waals surface area contributed by atoms with Gasteiger partial charge in [-0.25, -0.2) is 4.98 Å². The van der Waals surface area contributed by atoms with Crippen LogP contribution in [0.1, 0.15) is 29.6 Å². The molecule has 3 fully saturated rings. The number of rotatable bonds is 8. The minimum Gasteiger partial charge on any atom is -0.457 e. The molecule has 2 saturated heterocycles. The van der Waals surface area contributed by atoms with Crippen molar-refractivity contribution in [1.82, 2.24) is 14.9 Å². The molecule has 2 aromatic carbocycles. The Labute approximate surface area is 225 Å². The SMILES string of the molecule is N#CC(=CC1CC1)C(=O)N1C[C@@H]2C[C@H]1CN2c1ncc(C(N)=O)c(Oc2ccc(Oc3ccccc3)cc2)n1. The van der Waals surface area contributed by atoms with Crippen molar-refractivity contribution in [2.45, 2.75) is 31.3 Å². The first kappa shape index (κ1) is 24.4. The van der Waals surface area contributed by atoms with Crippen molar-refractivity contribution in [1.29, 1.82) is 5.26 Å². The average Bonchev–Trinajstić information content (AvgIpc) is 3.54. The normalized spacial score (nSPS) is 20.0. The largest absolute Gasteiger partial charge is 0.457 e. The number of carbonyl (C=O) groups is 2. The van der Waals surface area contributed by atoms with E-state index in [0.29, 0.717) is 42.2 Å². The molecule has 0 radical (unpaired) electrons. The second kappa shape index (κ2) is 10.1. The van der Waals surface area contributed by atoms with Crippen molar-refractivity contribution >= 4 is 17.8 Å². The van der Waals surface area contributed by atoms with Crippen LogP contribution in [0.3, 0.4) is 0 Å². The molecule has 1 aliphatic carbocycles. The van der Waals surface area contributed by atoms with E-state index < -0.39 is 5.91 Å². The zero-order chi connectivity index (χ0) is 26.9. The molecule has 2 bridgehead atoms. The van der Waals surface area contributed by atoms with Crippen molar-refractivity contribution in [3.63, 3.8) is 0 Å². The summed E-state index contributed by atoms with van der Waals surface area (Å²) in [6.45, 7) is 1.01. The van der Waals surface area contributed by atoms with E-state index in [0.717, 1.165) is 19.3 Å². The predicted octanol–water partition coefficient (Wildman–Crippen LogP) is 3.81. The maximum Gasteiger partial charge on any atom is 0.264 e. The minimum absolute atomic E-state index is 0.00140. The quantitative estimate of drug-likeness (QED) is 0.349. The number of benzene rings is 2.